The summed E-state index contributed by atoms with van der Waals surface area (Å²) in [5.41, 5.74) is 0.611. The maximum atomic E-state index is 11.8. The Bertz CT molecular complexity index is 518. The molecule has 7 heteroatoms. The number of carboxylic acids is 1. The van der Waals surface area contributed by atoms with E-state index in [1.807, 2.05) is 0 Å². The summed E-state index contributed by atoms with van der Waals surface area (Å²) >= 11 is 9.20. The van der Waals surface area contributed by atoms with E-state index in [1.165, 1.54) is 0 Å². The van der Waals surface area contributed by atoms with Crippen molar-refractivity contribution in [1.29, 1.82) is 0 Å². The molecule has 1 saturated heterocycles. The molecule has 102 valence electrons. The van der Waals surface area contributed by atoms with E-state index in [1.54, 1.807) is 23.1 Å². The molecule has 2 amide bonds. The van der Waals surface area contributed by atoms with Crippen molar-refractivity contribution in [2.75, 3.05) is 18.4 Å². The minimum absolute atomic E-state index is 0.0526. The lowest BCUT2D eigenvalue weighted by atomic mass is 9.97. The number of carboxylic acid groups (broad SMARTS) is 1. The van der Waals surface area contributed by atoms with Crippen LogP contribution in [0.15, 0.2) is 22.7 Å². The number of aliphatic carboxylic acids is 1. The first-order valence-electron chi connectivity index (χ1n) is 5.68. The highest BCUT2D eigenvalue weighted by Crippen LogP contribution is 2.26. The van der Waals surface area contributed by atoms with Crippen molar-refractivity contribution in [2.24, 2.45) is 5.92 Å². The molecule has 2 rings (SSSR count). The number of likely N-dealkylation sites (tertiary alicyclic amines) is 1. The van der Waals surface area contributed by atoms with Gasteiger partial charge in [-0.25, -0.2) is 4.79 Å². The Hall–Kier alpha value is -1.27. The molecule has 2 N–H and O–H groups in total. The van der Waals surface area contributed by atoms with Crippen molar-refractivity contribution < 1.29 is 14.7 Å². The van der Waals surface area contributed by atoms with Crippen LogP contribution in [-0.4, -0.2) is 35.1 Å². The predicted molar refractivity (Wildman–Crippen MR) is 75.5 cm³/mol. The minimum Gasteiger partial charge on any atom is -0.481 e. The number of hydrogen-bond donors (Lipinski definition) is 2. The maximum absolute atomic E-state index is 11.8. The number of carbonyl (C=O) groups excluding carboxylic acids is 1. The fraction of sp³-hybridized carbons (Fsp3) is 0.333. The molecule has 0 aliphatic carbocycles. The van der Waals surface area contributed by atoms with E-state index < -0.39 is 5.97 Å². The van der Waals surface area contributed by atoms with Crippen molar-refractivity contribution >= 4 is 45.2 Å². The number of urea groups is 1. The molecule has 0 bridgehead atoms. The lowest BCUT2D eigenvalue weighted by Crippen LogP contribution is -2.52. The quantitative estimate of drug-likeness (QED) is 0.883. The van der Waals surface area contributed by atoms with E-state index in [0.29, 0.717) is 23.8 Å². The van der Waals surface area contributed by atoms with Crippen molar-refractivity contribution in [3.63, 3.8) is 0 Å². The maximum Gasteiger partial charge on any atom is 0.321 e. The number of carbonyl (C=O) groups is 2. The molecule has 0 unspecified atom stereocenters. The van der Waals surface area contributed by atoms with Gasteiger partial charge in [-0.05, 0) is 34.1 Å². The van der Waals surface area contributed by atoms with Crippen LogP contribution in [0.4, 0.5) is 10.5 Å². The Morgan fingerprint density at radius 1 is 1.47 bits per heavy atom. The number of anilines is 1. The molecule has 1 aliphatic rings. The van der Waals surface area contributed by atoms with Crippen LogP contribution in [0, 0.1) is 5.92 Å². The van der Waals surface area contributed by atoms with Gasteiger partial charge in [0.1, 0.15) is 0 Å². The van der Waals surface area contributed by atoms with Crippen LogP contribution in [-0.2, 0) is 4.79 Å². The Balaban J connectivity index is 1.85. The molecule has 0 spiro atoms. The van der Waals surface area contributed by atoms with Gasteiger partial charge in [-0.2, -0.15) is 0 Å². The Morgan fingerprint density at radius 3 is 2.74 bits per heavy atom. The minimum atomic E-state index is -0.829. The molecule has 1 aromatic rings. The molecule has 1 fully saturated rings. The first-order chi connectivity index (χ1) is 8.95. The lowest BCUT2D eigenvalue weighted by molar-refractivity contribution is -0.139. The van der Waals surface area contributed by atoms with E-state index in [-0.39, 0.29) is 18.4 Å². The van der Waals surface area contributed by atoms with Crippen molar-refractivity contribution in [2.45, 2.75) is 6.42 Å². The molecule has 1 aromatic carbocycles. The number of hydrogen-bond acceptors (Lipinski definition) is 2. The van der Waals surface area contributed by atoms with Gasteiger partial charge in [0.05, 0.1) is 11.4 Å². The second-order valence-corrected chi connectivity index (χ2v) is 5.69. The second kappa shape index (κ2) is 5.79. The summed E-state index contributed by atoms with van der Waals surface area (Å²) in [7, 11) is 0. The van der Waals surface area contributed by atoms with E-state index >= 15 is 0 Å². The van der Waals surface area contributed by atoms with Crippen molar-refractivity contribution in [1.82, 2.24) is 4.90 Å². The topological polar surface area (TPSA) is 69.6 Å². The van der Waals surface area contributed by atoms with Crippen LogP contribution in [0.2, 0.25) is 5.02 Å². The van der Waals surface area contributed by atoms with Crippen LogP contribution >= 0.6 is 27.5 Å². The fourth-order valence-electron chi connectivity index (χ4n) is 1.89. The first kappa shape index (κ1) is 14.1. The smallest absolute Gasteiger partial charge is 0.321 e. The zero-order valence-corrected chi connectivity index (χ0v) is 12.2. The molecule has 0 radical (unpaired) electrons. The first-order valence-corrected chi connectivity index (χ1v) is 6.85. The van der Waals surface area contributed by atoms with Crippen LogP contribution in [0.1, 0.15) is 6.42 Å². The number of benzene rings is 1. The molecule has 1 heterocycles. The molecular formula is C12H12BrClN2O3. The summed E-state index contributed by atoms with van der Waals surface area (Å²) in [6, 6.07) is 4.90. The molecule has 0 atom stereocenters. The summed E-state index contributed by atoms with van der Waals surface area (Å²) in [4.78, 5) is 23.9. The van der Waals surface area contributed by atoms with Gasteiger partial charge in [-0.1, -0.05) is 11.6 Å². The summed E-state index contributed by atoms with van der Waals surface area (Å²) in [5, 5.41) is 11.9. The number of nitrogens with one attached hydrogen (secondary N) is 1. The molecule has 5 nitrogen and oxygen atoms in total. The third kappa shape index (κ3) is 3.61. The normalized spacial score (nSPS) is 14.9. The highest BCUT2D eigenvalue weighted by molar-refractivity contribution is 9.10. The Kier molecular flexibility index (Phi) is 4.31. The zero-order valence-electron chi connectivity index (χ0n) is 9.90. The standard InChI is InChI=1S/C12H12BrClN2O3/c13-9-2-1-8(4-10(9)14)15-12(19)16-5-7(6-16)3-11(17)18/h1-2,4,7H,3,5-6H2,(H,15,19)(H,17,18). The highest BCUT2D eigenvalue weighted by Gasteiger charge is 2.32. The van der Waals surface area contributed by atoms with Gasteiger partial charge in [-0.15, -0.1) is 0 Å². The van der Waals surface area contributed by atoms with Gasteiger partial charge in [0.15, 0.2) is 0 Å². The van der Waals surface area contributed by atoms with Gasteiger partial charge < -0.3 is 15.3 Å². The number of rotatable bonds is 3. The summed E-state index contributed by atoms with van der Waals surface area (Å²) in [6.07, 6.45) is 0.105. The predicted octanol–water partition coefficient (Wildman–Crippen LogP) is 3.04. The fourth-order valence-corrected chi connectivity index (χ4v) is 2.32. The zero-order chi connectivity index (χ0) is 14.0. The number of amides is 2. The average molecular weight is 348 g/mol. The average Bonchev–Trinajstić information content (AvgIpc) is 2.27. The van der Waals surface area contributed by atoms with E-state index in [9.17, 15) is 9.59 Å². The highest BCUT2D eigenvalue weighted by atomic mass is 79.9. The van der Waals surface area contributed by atoms with E-state index in [0.717, 1.165) is 4.47 Å². The Labute approximate surface area is 123 Å². The molecular weight excluding hydrogens is 336 g/mol. The third-order valence-corrected chi connectivity index (χ3v) is 4.11. The number of halogens is 2. The van der Waals surface area contributed by atoms with Gasteiger partial charge >= 0.3 is 12.0 Å². The molecule has 0 saturated carbocycles. The SMILES string of the molecule is O=C(O)CC1CN(C(=O)Nc2ccc(Br)c(Cl)c2)C1. The van der Waals surface area contributed by atoms with Crippen LogP contribution in [0.25, 0.3) is 0 Å². The number of nitrogens with zero attached hydrogens (tertiary/aromatic N) is 1. The van der Waals surface area contributed by atoms with Gasteiger partial charge in [0.25, 0.3) is 0 Å². The van der Waals surface area contributed by atoms with E-state index in [2.05, 4.69) is 21.2 Å². The van der Waals surface area contributed by atoms with Gasteiger partial charge in [0.2, 0.25) is 0 Å². The third-order valence-electron chi connectivity index (χ3n) is 2.88. The molecule has 0 aromatic heterocycles. The Morgan fingerprint density at radius 2 is 2.16 bits per heavy atom. The largest absolute Gasteiger partial charge is 0.481 e. The second-order valence-electron chi connectivity index (χ2n) is 4.43. The molecule has 19 heavy (non-hydrogen) atoms. The summed E-state index contributed by atoms with van der Waals surface area (Å²) in [6.45, 7) is 0.949. The van der Waals surface area contributed by atoms with Crippen LogP contribution in [0.3, 0.4) is 0 Å². The molecule has 1 aliphatic heterocycles. The van der Waals surface area contributed by atoms with E-state index in [4.69, 9.17) is 16.7 Å². The van der Waals surface area contributed by atoms with Crippen molar-refractivity contribution in [3.8, 4) is 0 Å². The monoisotopic (exact) mass is 346 g/mol. The summed E-state index contributed by atoms with van der Waals surface area (Å²) in [5.74, 6) is -0.776. The lowest BCUT2D eigenvalue weighted by Gasteiger charge is -2.38. The van der Waals surface area contributed by atoms with Gasteiger partial charge in [-0.3, -0.25) is 4.79 Å². The van der Waals surface area contributed by atoms with Gasteiger partial charge in [0, 0.05) is 29.2 Å². The van der Waals surface area contributed by atoms with Crippen molar-refractivity contribution in [3.05, 3.63) is 27.7 Å². The van der Waals surface area contributed by atoms with Crippen LogP contribution in [0.5, 0.6) is 0 Å². The summed E-state index contributed by atoms with van der Waals surface area (Å²) < 4.78 is 0.762. The van der Waals surface area contributed by atoms with Crippen LogP contribution < -0.4 is 5.32 Å².